The molecule has 0 saturated carbocycles. The predicted molar refractivity (Wildman–Crippen MR) is 70.5 cm³/mol. The average Bonchev–Trinajstić information content (AvgIpc) is 2.13. The van der Waals surface area contributed by atoms with Crippen LogP contribution in [0.4, 0.5) is 5.95 Å². The molecular weight excluding hydrogens is 214 g/mol. The van der Waals surface area contributed by atoms with Gasteiger partial charge in [-0.1, -0.05) is 20.8 Å². The molecule has 0 bridgehead atoms. The second kappa shape index (κ2) is 4.69. The molecule has 0 spiro atoms. The summed E-state index contributed by atoms with van der Waals surface area (Å²) < 4.78 is 0. The maximum atomic E-state index is 7.42. The van der Waals surface area contributed by atoms with Gasteiger partial charge in [-0.25, -0.2) is 9.97 Å². The van der Waals surface area contributed by atoms with Gasteiger partial charge in [0.15, 0.2) is 0 Å². The zero-order valence-corrected chi connectivity index (χ0v) is 11.2. The van der Waals surface area contributed by atoms with Crippen molar-refractivity contribution in [2.24, 2.45) is 11.1 Å². The molecule has 0 aliphatic carbocycles. The molecule has 17 heavy (non-hydrogen) atoms. The number of anilines is 1. The van der Waals surface area contributed by atoms with Crippen molar-refractivity contribution in [3.05, 3.63) is 17.5 Å². The summed E-state index contributed by atoms with van der Waals surface area (Å²) in [6, 6.07) is 1.72. The van der Waals surface area contributed by atoms with Gasteiger partial charge in [0.1, 0.15) is 11.5 Å². The van der Waals surface area contributed by atoms with E-state index in [1.54, 1.807) is 6.07 Å². The molecule has 3 N–H and O–H groups in total. The molecule has 1 aromatic heterocycles. The van der Waals surface area contributed by atoms with Crippen molar-refractivity contribution in [3.8, 4) is 0 Å². The van der Waals surface area contributed by atoms with E-state index in [-0.39, 0.29) is 11.3 Å². The number of hydrogen-bond acceptors (Lipinski definition) is 4. The zero-order chi connectivity index (χ0) is 13.2. The molecule has 0 radical (unpaired) electrons. The molecule has 1 aromatic rings. The Morgan fingerprint density at radius 2 is 2.00 bits per heavy atom. The molecule has 5 heteroatoms. The van der Waals surface area contributed by atoms with Gasteiger partial charge in [0.05, 0.1) is 0 Å². The minimum absolute atomic E-state index is 0.0269. The van der Waals surface area contributed by atoms with Crippen molar-refractivity contribution in [2.45, 2.75) is 27.7 Å². The van der Waals surface area contributed by atoms with Gasteiger partial charge in [0.25, 0.3) is 0 Å². The van der Waals surface area contributed by atoms with E-state index in [9.17, 15) is 0 Å². The summed E-state index contributed by atoms with van der Waals surface area (Å²) >= 11 is 0. The summed E-state index contributed by atoms with van der Waals surface area (Å²) in [6.45, 7) is 9.19. The summed E-state index contributed by atoms with van der Waals surface area (Å²) in [6.07, 6.45) is 0. The third kappa shape index (κ3) is 4.01. The van der Waals surface area contributed by atoms with E-state index in [0.717, 1.165) is 12.2 Å². The lowest BCUT2D eigenvalue weighted by atomic mass is 9.96. The van der Waals surface area contributed by atoms with Gasteiger partial charge in [-0.15, -0.1) is 0 Å². The summed E-state index contributed by atoms with van der Waals surface area (Å²) in [5.74, 6) is 0.589. The second-order valence-corrected chi connectivity index (χ2v) is 5.52. The Labute approximate surface area is 103 Å². The van der Waals surface area contributed by atoms with Crippen LogP contribution in [0.15, 0.2) is 6.07 Å². The number of nitrogens with one attached hydrogen (secondary N) is 1. The molecule has 1 heterocycles. The summed E-state index contributed by atoms with van der Waals surface area (Å²) in [5, 5.41) is 7.42. The molecule has 5 nitrogen and oxygen atoms in total. The summed E-state index contributed by atoms with van der Waals surface area (Å²) in [7, 11) is 1.95. The van der Waals surface area contributed by atoms with Crippen LogP contribution >= 0.6 is 0 Å². The van der Waals surface area contributed by atoms with Crippen LogP contribution in [0.5, 0.6) is 0 Å². The molecule has 0 amide bonds. The van der Waals surface area contributed by atoms with Crippen LogP contribution in [0, 0.1) is 17.7 Å². The Hall–Kier alpha value is -1.65. The molecule has 0 fully saturated rings. The lowest BCUT2D eigenvalue weighted by Gasteiger charge is -2.26. The fourth-order valence-electron chi connectivity index (χ4n) is 1.64. The summed E-state index contributed by atoms with van der Waals surface area (Å²) in [5.41, 5.74) is 6.92. The SMILES string of the molecule is Cc1cc(C(=N)N)nc(N(C)CC(C)(C)C)n1. The van der Waals surface area contributed by atoms with Crippen molar-refractivity contribution in [2.75, 3.05) is 18.5 Å². The first kappa shape index (κ1) is 13.4. The Balaban J connectivity index is 3.01. The van der Waals surface area contributed by atoms with Gasteiger partial charge >= 0.3 is 0 Å². The van der Waals surface area contributed by atoms with Crippen molar-refractivity contribution < 1.29 is 0 Å². The van der Waals surface area contributed by atoms with Crippen molar-refractivity contribution in [3.63, 3.8) is 0 Å². The van der Waals surface area contributed by atoms with Crippen LogP contribution in [0.1, 0.15) is 32.2 Å². The van der Waals surface area contributed by atoms with Gasteiger partial charge in [-0.05, 0) is 18.4 Å². The lowest BCUT2D eigenvalue weighted by molar-refractivity contribution is 0.416. The fourth-order valence-corrected chi connectivity index (χ4v) is 1.64. The largest absolute Gasteiger partial charge is 0.382 e. The third-order valence-corrected chi connectivity index (χ3v) is 2.17. The van der Waals surface area contributed by atoms with E-state index in [2.05, 4.69) is 30.7 Å². The lowest BCUT2D eigenvalue weighted by Crippen LogP contribution is -2.31. The molecule has 0 aliphatic rings. The highest BCUT2D eigenvalue weighted by Gasteiger charge is 2.16. The third-order valence-electron chi connectivity index (χ3n) is 2.17. The molecule has 0 atom stereocenters. The van der Waals surface area contributed by atoms with Gasteiger partial charge in [0, 0.05) is 19.3 Å². The molecular formula is C12H21N5. The number of rotatable bonds is 3. The number of aryl methyl sites for hydroxylation is 1. The molecule has 94 valence electrons. The van der Waals surface area contributed by atoms with Crippen LogP contribution in [0.3, 0.4) is 0 Å². The van der Waals surface area contributed by atoms with Gasteiger partial charge in [-0.3, -0.25) is 5.41 Å². The van der Waals surface area contributed by atoms with Crippen LogP contribution in [0.2, 0.25) is 0 Å². The highest BCUT2D eigenvalue weighted by atomic mass is 15.2. The molecule has 0 aromatic carbocycles. The van der Waals surface area contributed by atoms with E-state index in [1.165, 1.54) is 0 Å². The van der Waals surface area contributed by atoms with Crippen molar-refractivity contribution >= 4 is 11.8 Å². The summed E-state index contributed by atoms with van der Waals surface area (Å²) in [4.78, 5) is 10.6. The van der Waals surface area contributed by atoms with Crippen LogP contribution < -0.4 is 10.6 Å². The number of aromatic nitrogens is 2. The van der Waals surface area contributed by atoms with Gasteiger partial charge in [0.2, 0.25) is 5.95 Å². The van der Waals surface area contributed by atoms with E-state index >= 15 is 0 Å². The Kier molecular flexibility index (Phi) is 3.70. The van der Waals surface area contributed by atoms with Crippen LogP contribution in [-0.2, 0) is 0 Å². The molecule has 0 saturated heterocycles. The minimum atomic E-state index is -0.0269. The van der Waals surface area contributed by atoms with Gasteiger partial charge in [-0.2, -0.15) is 0 Å². The van der Waals surface area contributed by atoms with Crippen LogP contribution in [0.25, 0.3) is 0 Å². The highest BCUT2D eigenvalue weighted by molar-refractivity contribution is 5.93. The molecule has 1 rings (SSSR count). The Bertz CT molecular complexity index is 419. The first-order chi connectivity index (χ1) is 7.69. The number of nitrogen functional groups attached to an aromatic ring is 1. The fraction of sp³-hybridized carbons (Fsp3) is 0.583. The van der Waals surface area contributed by atoms with Crippen LogP contribution in [-0.4, -0.2) is 29.4 Å². The normalized spacial score (nSPS) is 11.4. The smallest absolute Gasteiger partial charge is 0.225 e. The zero-order valence-electron chi connectivity index (χ0n) is 11.2. The standard InChI is InChI=1S/C12H21N5/c1-8-6-9(10(13)14)16-11(15-8)17(5)7-12(2,3)4/h6H,7H2,1-5H3,(H3,13,14). The Morgan fingerprint density at radius 3 is 2.47 bits per heavy atom. The van der Waals surface area contributed by atoms with Crippen molar-refractivity contribution in [1.82, 2.24) is 9.97 Å². The topological polar surface area (TPSA) is 78.9 Å². The first-order valence-electron chi connectivity index (χ1n) is 5.60. The highest BCUT2D eigenvalue weighted by Crippen LogP contribution is 2.17. The second-order valence-electron chi connectivity index (χ2n) is 5.52. The van der Waals surface area contributed by atoms with E-state index in [4.69, 9.17) is 11.1 Å². The van der Waals surface area contributed by atoms with Gasteiger partial charge < -0.3 is 10.6 Å². The van der Waals surface area contributed by atoms with Crippen molar-refractivity contribution in [1.29, 1.82) is 5.41 Å². The average molecular weight is 235 g/mol. The number of amidine groups is 1. The maximum absolute atomic E-state index is 7.42. The molecule has 0 aliphatic heterocycles. The number of nitrogens with zero attached hydrogens (tertiary/aromatic N) is 3. The number of nitrogens with two attached hydrogens (primary N) is 1. The number of hydrogen-bond donors (Lipinski definition) is 2. The Morgan fingerprint density at radius 1 is 1.41 bits per heavy atom. The predicted octanol–water partition coefficient (Wildman–Crippen LogP) is 1.55. The molecule has 0 unspecified atom stereocenters. The van der Waals surface area contributed by atoms with E-state index in [1.807, 2.05) is 18.9 Å². The van der Waals surface area contributed by atoms with E-state index < -0.39 is 0 Å². The monoisotopic (exact) mass is 235 g/mol. The maximum Gasteiger partial charge on any atom is 0.225 e. The quantitative estimate of drug-likeness (QED) is 0.615. The van der Waals surface area contributed by atoms with E-state index in [0.29, 0.717) is 11.6 Å². The minimum Gasteiger partial charge on any atom is -0.382 e. The first-order valence-corrected chi connectivity index (χ1v) is 5.60.